The molecule has 5 rings (SSSR count). The predicted molar refractivity (Wildman–Crippen MR) is 142 cm³/mol. The first-order valence-corrected chi connectivity index (χ1v) is 12.4. The first-order chi connectivity index (χ1) is 18.6. The van der Waals surface area contributed by atoms with E-state index in [1.807, 2.05) is 11.0 Å². The number of aliphatic hydroxyl groups is 1. The zero-order valence-corrected chi connectivity index (χ0v) is 21.8. The Balaban J connectivity index is 1.41. The predicted octanol–water partition coefficient (Wildman–Crippen LogP) is 2.27. The fraction of sp³-hybridized carbons (Fsp3) is 0.320. The molecule has 1 aliphatic heterocycles. The first kappa shape index (κ1) is 26.2. The molecule has 4 aromatic rings. The smallest absolute Gasteiger partial charge is 0.255 e. The highest BCUT2D eigenvalue weighted by atomic mass is 35.5. The Morgan fingerprint density at radius 1 is 1.21 bits per heavy atom. The molecule has 1 fully saturated rings. The molecule has 12 nitrogen and oxygen atoms in total. The summed E-state index contributed by atoms with van der Waals surface area (Å²) < 4.78 is 15.8. The second-order valence-electron chi connectivity index (χ2n) is 9.67. The molecule has 4 aromatic heterocycles. The molecule has 14 heteroatoms. The lowest BCUT2D eigenvalue weighted by Crippen LogP contribution is -2.55. The second kappa shape index (κ2) is 10.4. The number of rotatable bonds is 8. The maximum absolute atomic E-state index is 14.3. The quantitative estimate of drug-likeness (QED) is 0.297. The molecule has 1 amide bonds. The van der Waals surface area contributed by atoms with Gasteiger partial charge in [0.15, 0.2) is 11.5 Å². The van der Waals surface area contributed by atoms with E-state index in [-0.39, 0.29) is 18.2 Å². The van der Waals surface area contributed by atoms with Gasteiger partial charge in [-0.2, -0.15) is 15.0 Å². The van der Waals surface area contributed by atoms with Crippen LogP contribution in [0.4, 0.5) is 16.0 Å². The molecule has 200 valence electrons. The van der Waals surface area contributed by atoms with Gasteiger partial charge in [0.25, 0.3) is 5.91 Å². The van der Waals surface area contributed by atoms with E-state index in [2.05, 4.69) is 35.7 Å². The standard InChI is InChI=1S/C25H24ClFN10O2/c1-25(2,39)20(27)11-31-23(38)18-10-29-21(37-22-15(7-34-37)3-14(5-28)6-30-22)4-19(18)35-17-12-36(13-17)24-32-8-16(26)9-33-24/h3-4,6-10,17,20,39H,11-13H2,1-2H3,(H,29,35)(H,31,38)/t20-/m1/s1. The molecule has 0 saturated carbocycles. The van der Waals surface area contributed by atoms with Crippen LogP contribution in [0, 0.1) is 11.3 Å². The van der Waals surface area contributed by atoms with Gasteiger partial charge >= 0.3 is 0 Å². The number of fused-ring (bicyclic) bond motifs is 1. The molecule has 0 aliphatic carbocycles. The number of hydrogen-bond donors (Lipinski definition) is 3. The van der Waals surface area contributed by atoms with E-state index in [0.717, 1.165) is 0 Å². The third-order valence-electron chi connectivity index (χ3n) is 6.23. The van der Waals surface area contributed by atoms with Crippen molar-refractivity contribution in [2.45, 2.75) is 31.7 Å². The van der Waals surface area contributed by atoms with Gasteiger partial charge in [-0.1, -0.05) is 11.6 Å². The summed E-state index contributed by atoms with van der Waals surface area (Å²) in [6, 6.07) is 5.32. The molecule has 1 saturated heterocycles. The number of aromatic nitrogens is 6. The van der Waals surface area contributed by atoms with E-state index < -0.39 is 17.7 Å². The monoisotopic (exact) mass is 550 g/mol. The van der Waals surface area contributed by atoms with Crippen LogP contribution in [0.15, 0.2) is 43.1 Å². The van der Waals surface area contributed by atoms with Crippen molar-refractivity contribution in [3.05, 3.63) is 59.3 Å². The number of amides is 1. The number of pyridine rings is 2. The number of alkyl halides is 1. The van der Waals surface area contributed by atoms with Crippen molar-refractivity contribution in [2.24, 2.45) is 0 Å². The zero-order valence-electron chi connectivity index (χ0n) is 21.0. The summed E-state index contributed by atoms with van der Waals surface area (Å²) >= 11 is 5.88. The van der Waals surface area contributed by atoms with E-state index in [4.69, 9.17) is 16.9 Å². The molecular formula is C25H24ClFN10O2. The molecule has 39 heavy (non-hydrogen) atoms. The van der Waals surface area contributed by atoms with Crippen LogP contribution in [-0.2, 0) is 0 Å². The van der Waals surface area contributed by atoms with Gasteiger partial charge < -0.3 is 20.6 Å². The van der Waals surface area contributed by atoms with Gasteiger partial charge in [0.1, 0.15) is 12.2 Å². The SMILES string of the molecule is CC(C)(O)[C@H](F)CNC(=O)c1cnc(-n2ncc3cc(C#N)cnc32)cc1NC1CN(c2ncc(Cl)cn2)C1. The van der Waals surface area contributed by atoms with Crippen molar-refractivity contribution >= 4 is 40.2 Å². The van der Waals surface area contributed by atoms with Crippen LogP contribution in [0.25, 0.3) is 16.9 Å². The number of halogens is 2. The van der Waals surface area contributed by atoms with Crippen LogP contribution < -0.4 is 15.5 Å². The van der Waals surface area contributed by atoms with Crippen LogP contribution in [-0.4, -0.2) is 78.2 Å². The molecule has 0 aromatic carbocycles. The van der Waals surface area contributed by atoms with Crippen LogP contribution in [0.1, 0.15) is 29.8 Å². The van der Waals surface area contributed by atoms with Gasteiger partial charge in [-0.3, -0.25) is 4.79 Å². The van der Waals surface area contributed by atoms with Gasteiger partial charge in [0, 0.05) is 36.9 Å². The molecule has 0 bridgehead atoms. The molecule has 5 heterocycles. The highest BCUT2D eigenvalue weighted by Crippen LogP contribution is 2.25. The Labute approximate surface area is 227 Å². The van der Waals surface area contributed by atoms with Gasteiger partial charge in [-0.25, -0.2) is 24.3 Å². The molecule has 1 atom stereocenters. The number of hydrogen-bond acceptors (Lipinski definition) is 10. The number of nitrogens with one attached hydrogen (secondary N) is 2. The average Bonchev–Trinajstić information content (AvgIpc) is 3.32. The Kier molecular flexibility index (Phi) is 6.98. The summed E-state index contributed by atoms with van der Waals surface area (Å²) in [6.07, 6.45) is 5.78. The van der Waals surface area contributed by atoms with Crippen molar-refractivity contribution < 1.29 is 14.3 Å². The average molecular weight is 551 g/mol. The summed E-state index contributed by atoms with van der Waals surface area (Å²) in [6.45, 7) is 3.43. The Morgan fingerprint density at radius 3 is 2.64 bits per heavy atom. The number of nitrogens with zero attached hydrogens (tertiary/aromatic N) is 8. The van der Waals surface area contributed by atoms with Gasteiger partial charge in [0.2, 0.25) is 5.95 Å². The minimum Gasteiger partial charge on any atom is -0.387 e. The molecule has 0 unspecified atom stereocenters. The molecule has 1 aliphatic rings. The summed E-state index contributed by atoms with van der Waals surface area (Å²) in [4.78, 5) is 32.2. The third kappa shape index (κ3) is 5.57. The number of nitriles is 1. The minimum absolute atomic E-state index is 0.0537. The molecular weight excluding hydrogens is 527 g/mol. The fourth-order valence-corrected chi connectivity index (χ4v) is 4.06. The van der Waals surface area contributed by atoms with Gasteiger partial charge in [-0.05, 0) is 19.9 Å². The maximum atomic E-state index is 14.3. The summed E-state index contributed by atoms with van der Waals surface area (Å²) in [5.41, 5.74) is -0.0605. The van der Waals surface area contributed by atoms with Crippen LogP contribution in [0.2, 0.25) is 5.02 Å². The van der Waals surface area contributed by atoms with E-state index in [1.165, 1.54) is 43.3 Å². The third-order valence-corrected chi connectivity index (χ3v) is 6.42. The number of carbonyl (C=O) groups is 1. The zero-order chi connectivity index (χ0) is 27.7. The van der Waals surface area contributed by atoms with Crippen LogP contribution in [0.3, 0.4) is 0 Å². The fourth-order valence-electron chi connectivity index (χ4n) is 3.96. The molecule has 3 N–H and O–H groups in total. The van der Waals surface area contributed by atoms with Crippen LogP contribution >= 0.6 is 11.6 Å². The number of carbonyl (C=O) groups excluding carboxylic acids is 1. The van der Waals surface area contributed by atoms with Crippen molar-refractivity contribution in [3.8, 4) is 11.9 Å². The van der Waals surface area contributed by atoms with Gasteiger partial charge in [-0.15, -0.1) is 0 Å². The normalized spacial score (nSPS) is 14.5. The highest BCUT2D eigenvalue weighted by Gasteiger charge is 2.31. The summed E-state index contributed by atoms with van der Waals surface area (Å²) in [5.74, 6) is 0.373. The topological polar surface area (TPSA) is 158 Å². The lowest BCUT2D eigenvalue weighted by Gasteiger charge is -2.40. The summed E-state index contributed by atoms with van der Waals surface area (Å²) in [7, 11) is 0. The Hall–Kier alpha value is -4.41. The van der Waals surface area contributed by atoms with Crippen molar-refractivity contribution in [3.63, 3.8) is 0 Å². The lowest BCUT2D eigenvalue weighted by atomic mass is 10.0. The highest BCUT2D eigenvalue weighted by molar-refractivity contribution is 6.30. The summed E-state index contributed by atoms with van der Waals surface area (Å²) in [5, 5.41) is 30.4. The van der Waals surface area contributed by atoms with E-state index in [9.17, 15) is 14.3 Å². The first-order valence-electron chi connectivity index (χ1n) is 12.0. The van der Waals surface area contributed by atoms with Crippen molar-refractivity contribution in [1.29, 1.82) is 5.26 Å². The largest absolute Gasteiger partial charge is 0.387 e. The maximum Gasteiger partial charge on any atom is 0.255 e. The number of anilines is 2. The molecule has 0 radical (unpaired) electrons. The van der Waals surface area contributed by atoms with Crippen molar-refractivity contribution in [2.75, 3.05) is 29.9 Å². The molecule has 0 spiro atoms. The van der Waals surface area contributed by atoms with E-state index in [0.29, 0.717) is 52.2 Å². The van der Waals surface area contributed by atoms with Crippen LogP contribution in [0.5, 0.6) is 0 Å². The lowest BCUT2D eigenvalue weighted by molar-refractivity contribution is -0.00177. The van der Waals surface area contributed by atoms with E-state index >= 15 is 0 Å². The second-order valence-corrected chi connectivity index (χ2v) is 10.1. The Bertz CT molecular complexity index is 1560. The Morgan fingerprint density at radius 2 is 1.95 bits per heavy atom. The van der Waals surface area contributed by atoms with Gasteiger partial charge in [0.05, 0.1) is 58.6 Å². The van der Waals surface area contributed by atoms with Crippen molar-refractivity contribution in [1.82, 2.24) is 35.0 Å². The minimum atomic E-state index is -1.66. The van der Waals surface area contributed by atoms with E-state index in [1.54, 1.807) is 18.3 Å².